The first-order chi connectivity index (χ1) is 10.8. The maximum absolute atomic E-state index is 6.13. The van der Waals surface area contributed by atoms with Gasteiger partial charge in [0.1, 0.15) is 0 Å². The maximum Gasteiger partial charge on any atom is 0.0825 e. The fraction of sp³-hybridized carbons (Fsp3) is 0.714. The van der Waals surface area contributed by atoms with E-state index in [0.29, 0.717) is 6.10 Å². The maximum atomic E-state index is 6.13. The van der Waals surface area contributed by atoms with Crippen LogP contribution in [0.2, 0.25) is 0 Å². The first-order valence-electron chi connectivity index (χ1n) is 9.54. The molecule has 2 rings (SSSR count). The van der Waals surface area contributed by atoms with Crippen LogP contribution < -0.4 is 0 Å². The van der Waals surface area contributed by atoms with Gasteiger partial charge in [-0.1, -0.05) is 70.2 Å². The molecular formula is C21H34O. The van der Waals surface area contributed by atoms with Crippen molar-refractivity contribution in [3.05, 3.63) is 35.4 Å². The number of hydrogen-bond donors (Lipinski definition) is 0. The highest BCUT2D eigenvalue weighted by Crippen LogP contribution is 2.32. The van der Waals surface area contributed by atoms with Gasteiger partial charge in [0.25, 0.3) is 0 Å². The van der Waals surface area contributed by atoms with Crippen molar-refractivity contribution in [2.75, 3.05) is 6.61 Å². The van der Waals surface area contributed by atoms with E-state index >= 15 is 0 Å². The minimum atomic E-state index is 0.340. The summed E-state index contributed by atoms with van der Waals surface area (Å²) in [6, 6.07) is 9.22. The van der Waals surface area contributed by atoms with E-state index in [1.54, 1.807) is 0 Å². The molecule has 0 bridgehead atoms. The summed E-state index contributed by atoms with van der Waals surface area (Å²) >= 11 is 0. The van der Waals surface area contributed by atoms with E-state index in [4.69, 9.17) is 4.74 Å². The predicted molar refractivity (Wildman–Crippen MR) is 95.2 cm³/mol. The molecule has 0 aliphatic carbocycles. The number of hydrogen-bond acceptors (Lipinski definition) is 1. The van der Waals surface area contributed by atoms with Crippen molar-refractivity contribution in [2.24, 2.45) is 5.92 Å². The van der Waals surface area contributed by atoms with Crippen molar-refractivity contribution in [1.82, 2.24) is 0 Å². The van der Waals surface area contributed by atoms with E-state index in [-0.39, 0.29) is 0 Å². The third-order valence-corrected chi connectivity index (χ3v) is 5.01. The van der Waals surface area contributed by atoms with E-state index in [9.17, 15) is 0 Å². The van der Waals surface area contributed by atoms with Crippen LogP contribution in [0.5, 0.6) is 0 Å². The van der Waals surface area contributed by atoms with E-state index < -0.39 is 0 Å². The second kappa shape index (κ2) is 10.0. The lowest BCUT2D eigenvalue weighted by Crippen LogP contribution is -2.20. The largest absolute Gasteiger partial charge is 0.373 e. The minimum absolute atomic E-state index is 0.340. The van der Waals surface area contributed by atoms with Gasteiger partial charge in [0.15, 0.2) is 0 Å². The highest BCUT2D eigenvalue weighted by Gasteiger charge is 2.22. The zero-order valence-electron chi connectivity index (χ0n) is 14.7. The van der Waals surface area contributed by atoms with Crippen molar-refractivity contribution in [1.29, 1.82) is 0 Å². The Balaban J connectivity index is 1.74. The molecule has 1 nitrogen and oxygen atoms in total. The molecule has 1 aromatic rings. The lowest BCUT2D eigenvalue weighted by Gasteiger charge is -2.29. The molecule has 2 atom stereocenters. The fourth-order valence-corrected chi connectivity index (χ4v) is 3.44. The molecule has 0 N–H and O–H groups in total. The van der Waals surface area contributed by atoms with Gasteiger partial charge in [0.2, 0.25) is 0 Å². The van der Waals surface area contributed by atoms with Crippen LogP contribution in [0.15, 0.2) is 24.3 Å². The van der Waals surface area contributed by atoms with Crippen molar-refractivity contribution in [2.45, 2.75) is 84.2 Å². The third kappa shape index (κ3) is 5.76. The van der Waals surface area contributed by atoms with E-state index in [1.807, 2.05) is 0 Å². The second-order valence-corrected chi connectivity index (χ2v) is 6.96. The number of ether oxygens (including phenoxy) is 1. The standard InChI is InChI=1S/C21H34O/c1-3-5-7-8-10-18-11-14-20(15-12-18)21-16-13-19(17-22-21)9-6-4-2/h11-12,14-15,19,21H,3-10,13,16-17H2,1-2H3. The third-order valence-electron chi connectivity index (χ3n) is 5.01. The van der Waals surface area contributed by atoms with Crippen LogP contribution in [0.25, 0.3) is 0 Å². The van der Waals surface area contributed by atoms with Crippen molar-refractivity contribution in [3.8, 4) is 0 Å². The highest BCUT2D eigenvalue weighted by atomic mass is 16.5. The molecular weight excluding hydrogens is 268 g/mol. The van der Waals surface area contributed by atoms with Crippen LogP contribution in [0.4, 0.5) is 0 Å². The van der Waals surface area contributed by atoms with Gasteiger partial charge in [-0.2, -0.15) is 0 Å². The van der Waals surface area contributed by atoms with Crippen molar-refractivity contribution >= 4 is 0 Å². The molecule has 1 saturated heterocycles. The van der Waals surface area contributed by atoms with Gasteiger partial charge < -0.3 is 4.74 Å². The monoisotopic (exact) mass is 302 g/mol. The molecule has 124 valence electrons. The normalized spacial score (nSPS) is 21.9. The molecule has 22 heavy (non-hydrogen) atoms. The van der Waals surface area contributed by atoms with Crippen molar-refractivity contribution in [3.63, 3.8) is 0 Å². The number of aryl methyl sites for hydroxylation is 1. The molecule has 0 saturated carbocycles. The lowest BCUT2D eigenvalue weighted by atomic mass is 9.91. The Morgan fingerprint density at radius 2 is 1.68 bits per heavy atom. The summed E-state index contributed by atoms with van der Waals surface area (Å²) in [5.74, 6) is 0.800. The minimum Gasteiger partial charge on any atom is -0.373 e. The molecule has 2 unspecified atom stereocenters. The summed E-state index contributed by atoms with van der Waals surface area (Å²) in [6.45, 7) is 5.51. The first-order valence-corrected chi connectivity index (χ1v) is 9.54. The van der Waals surface area contributed by atoms with Gasteiger partial charge in [0, 0.05) is 0 Å². The molecule has 1 heterocycles. The summed E-state index contributed by atoms with van der Waals surface area (Å²) in [4.78, 5) is 0. The Labute approximate surface area is 137 Å². The van der Waals surface area contributed by atoms with E-state index in [0.717, 1.165) is 12.5 Å². The van der Waals surface area contributed by atoms with E-state index in [2.05, 4.69) is 38.1 Å². The summed E-state index contributed by atoms with van der Waals surface area (Å²) < 4.78 is 6.13. The van der Waals surface area contributed by atoms with Gasteiger partial charge >= 0.3 is 0 Å². The molecule has 1 aromatic carbocycles. The Hall–Kier alpha value is -0.820. The highest BCUT2D eigenvalue weighted by molar-refractivity contribution is 5.24. The Morgan fingerprint density at radius 3 is 2.32 bits per heavy atom. The summed E-state index contributed by atoms with van der Waals surface area (Å²) in [5.41, 5.74) is 2.86. The summed E-state index contributed by atoms with van der Waals surface area (Å²) in [7, 11) is 0. The summed E-state index contributed by atoms with van der Waals surface area (Å²) in [5, 5.41) is 0. The average Bonchev–Trinajstić information content (AvgIpc) is 2.58. The molecule has 0 aromatic heterocycles. The quantitative estimate of drug-likeness (QED) is 0.475. The Morgan fingerprint density at radius 1 is 0.909 bits per heavy atom. The number of rotatable bonds is 9. The lowest BCUT2D eigenvalue weighted by molar-refractivity contribution is -0.0198. The number of unbranched alkanes of at least 4 members (excludes halogenated alkanes) is 4. The van der Waals surface area contributed by atoms with Gasteiger partial charge in [-0.05, 0) is 49.1 Å². The molecule has 1 aliphatic heterocycles. The Bertz CT molecular complexity index is 387. The van der Waals surface area contributed by atoms with Gasteiger partial charge in [-0.25, -0.2) is 0 Å². The summed E-state index contributed by atoms with van der Waals surface area (Å²) in [6.07, 6.45) is 13.5. The van der Waals surface area contributed by atoms with Crippen LogP contribution in [-0.2, 0) is 11.2 Å². The zero-order valence-corrected chi connectivity index (χ0v) is 14.7. The fourth-order valence-electron chi connectivity index (χ4n) is 3.44. The molecule has 0 spiro atoms. The molecule has 1 aliphatic rings. The topological polar surface area (TPSA) is 9.23 Å². The average molecular weight is 303 g/mol. The van der Waals surface area contributed by atoms with Crippen LogP contribution in [0.1, 0.15) is 88.9 Å². The van der Waals surface area contributed by atoms with Gasteiger partial charge in [-0.15, -0.1) is 0 Å². The Kier molecular flexibility index (Phi) is 8.01. The van der Waals surface area contributed by atoms with Gasteiger partial charge in [0.05, 0.1) is 12.7 Å². The smallest absolute Gasteiger partial charge is 0.0825 e. The zero-order chi connectivity index (χ0) is 15.6. The second-order valence-electron chi connectivity index (χ2n) is 6.96. The van der Waals surface area contributed by atoms with E-state index in [1.165, 1.54) is 75.3 Å². The molecule has 1 fully saturated rings. The van der Waals surface area contributed by atoms with Crippen LogP contribution in [-0.4, -0.2) is 6.61 Å². The van der Waals surface area contributed by atoms with Gasteiger partial charge in [-0.3, -0.25) is 0 Å². The predicted octanol–water partition coefficient (Wildman–Crippen LogP) is 6.47. The molecule has 0 radical (unpaired) electrons. The molecule has 0 amide bonds. The number of benzene rings is 1. The first kappa shape index (κ1) is 17.5. The SMILES string of the molecule is CCCCCCc1ccc(C2CCC(CCCC)CO2)cc1. The van der Waals surface area contributed by atoms with Crippen LogP contribution in [0.3, 0.4) is 0 Å². The van der Waals surface area contributed by atoms with Crippen molar-refractivity contribution < 1.29 is 4.74 Å². The van der Waals surface area contributed by atoms with Crippen LogP contribution in [0, 0.1) is 5.92 Å². The molecule has 1 heteroatoms. The van der Waals surface area contributed by atoms with Crippen LogP contribution >= 0.6 is 0 Å².